The Morgan fingerprint density at radius 1 is 1.26 bits per heavy atom. The normalized spacial score (nSPS) is 24.5. The van der Waals surface area contributed by atoms with Crippen molar-refractivity contribution in [2.45, 2.75) is 76.0 Å². The molecular formula is C26H40N2O5S. The van der Waals surface area contributed by atoms with Crippen molar-refractivity contribution < 1.29 is 23.4 Å². The molecule has 1 saturated carbocycles. The third-order valence-corrected chi connectivity index (χ3v) is 8.74. The van der Waals surface area contributed by atoms with E-state index in [2.05, 4.69) is 23.8 Å². The van der Waals surface area contributed by atoms with Crippen LogP contribution in [0, 0.1) is 23.7 Å². The maximum Gasteiger partial charge on any atom is 0.247 e. The van der Waals surface area contributed by atoms with Gasteiger partial charge in [0, 0.05) is 37.2 Å². The maximum absolute atomic E-state index is 13.6. The van der Waals surface area contributed by atoms with E-state index in [-0.39, 0.29) is 35.8 Å². The topological polar surface area (TPSA) is 90.3 Å². The molecule has 190 valence electrons. The molecule has 2 aliphatic rings. The second kappa shape index (κ2) is 11.0. The second-order valence-electron chi connectivity index (χ2n) is 10.6. The molecule has 7 nitrogen and oxygen atoms in total. The van der Waals surface area contributed by atoms with Crippen LogP contribution in [0.5, 0.6) is 5.75 Å². The summed E-state index contributed by atoms with van der Waals surface area (Å²) in [5, 5.41) is 19.8. The summed E-state index contributed by atoms with van der Waals surface area (Å²) in [5.74, 6) is 6.57. The number of benzene rings is 1. The first kappa shape index (κ1) is 27.0. The summed E-state index contributed by atoms with van der Waals surface area (Å²) in [4.78, 5) is 2.38. The van der Waals surface area contributed by atoms with Gasteiger partial charge in [0.15, 0.2) is 0 Å². The van der Waals surface area contributed by atoms with Gasteiger partial charge in [0.05, 0.1) is 6.61 Å². The highest BCUT2D eigenvalue weighted by Gasteiger charge is 2.38. The number of hydrogen-bond donors (Lipinski definition) is 2. The summed E-state index contributed by atoms with van der Waals surface area (Å²) in [6.45, 7) is 8.61. The maximum atomic E-state index is 13.6. The van der Waals surface area contributed by atoms with Gasteiger partial charge < -0.3 is 19.8 Å². The van der Waals surface area contributed by atoms with E-state index in [4.69, 9.17) is 4.74 Å². The van der Waals surface area contributed by atoms with Gasteiger partial charge in [-0.15, -0.1) is 0 Å². The van der Waals surface area contributed by atoms with Crippen LogP contribution in [0.4, 0.5) is 0 Å². The van der Waals surface area contributed by atoms with Crippen LogP contribution in [-0.4, -0.2) is 78.9 Å². The first-order chi connectivity index (χ1) is 15.9. The van der Waals surface area contributed by atoms with Gasteiger partial charge >= 0.3 is 0 Å². The highest BCUT2D eigenvalue weighted by molar-refractivity contribution is 7.89. The molecule has 0 bridgehead atoms. The number of likely N-dealkylation sites (N-methyl/N-ethyl adjacent to an activating group) is 1. The molecule has 1 aliphatic heterocycles. The monoisotopic (exact) mass is 492 g/mol. The van der Waals surface area contributed by atoms with Gasteiger partial charge in [-0.25, -0.2) is 8.42 Å². The van der Waals surface area contributed by atoms with E-state index in [0.29, 0.717) is 18.0 Å². The van der Waals surface area contributed by atoms with Crippen molar-refractivity contribution in [1.29, 1.82) is 0 Å². The summed E-state index contributed by atoms with van der Waals surface area (Å²) in [7, 11) is -1.78. The van der Waals surface area contributed by atoms with Crippen LogP contribution in [0.15, 0.2) is 23.1 Å². The van der Waals surface area contributed by atoms with Crippen molar-refractivity contribution in [2.75, 3.05) is 33.3 Å². The van der Waals surface area contributed by atoms with Gasteiger partial charge in [0.2, 0.25) is 10.0 Å². The number of hydrogen-bond acceptors (Lipinski definition) is 6. The quantitative estimate of drug-likeness (QED) is 0.594. The Hall–Kier alpha value is -1.63. The molecule has 0 aromatic heterocycles. The molecular weight excluding hydrogens is 452 g/mol. The number of ether oxygens (including phenoxy) is 1. The Bertz CT molecular complexity index is 1000. The molecule has 1 aromatic rings. The predicted molar refractivity (Wildman–Crippen MR) is 133 cm³/mol. The van der Waals surface area contributed by atoms with Crippen molar-refractivity contribution in [1.82, 2.24) is 9.21 Å². The largest absolute Gasteiger partial charge is 0.487 e. The van der Waals surface area contributed by atoms with Crippen molar-refractivity contribution in [2.24, 2.45) is 11.8 Å². The average Bonchev–Trinajstić information content (AvgIpc) is 3.26. The fraction of sp³-hybridized carbons (Fsp3) is 0.692. The van der Waals surface area contributed by atoms with E-state index < -0.39 is 21.7 Å². The Morgan fingerprint density at radius 3 is 2.56 bits per heavy atom. The summed E-state index contributed by atoms with van der Waals surface area (Å²) < 4.78 is 34.9. The van der Waals surface area contributed by atoms with Crippen molar-refractivity contribution in [3.63, 3.8) is 0 Å². The van der Waals surface area contributed by atoms with Crippen LogP contribution in [-0.2, 0) is 10.0 Å². The predicted octanol–water partition coefficient (Wildman–Crippen LogP) is 2.70. The van der Waals surface area contributed by atoms with Crippen molar-refractivity contribution in [3.8, 4) is 17.6 Å². The summed E-state index contributed by atoms with van der Waals surface area (Å²) in [5.41, 5.74) is -0.589. The van der Waals surface area contributed by atoms with E-state index in [9.17, 15) is 18.6 Å². The van der Waals surface area contributed by atoms with E-state index in [0.717, 1.165) is 6.54 Å². The molecule has 3 rings (SSSR count). The lowest BCUT2D eigenvalue weighted by Gasteiger charge is -2.38. The van der Waals surface area contributed by atoms with Gasteiger partial charge in [0.1, 0.15) is 22.4 Å². The van der Waals surface area contributed by atoms with Crippen LogP contribution in [0.2, 0.25) is 0 Å². The van der Waals surface area contributed by atoms with Crippen LogP contribution in [0.25, 0.3) is 0 Å². The minimum atomic E-state index is -3.88. The number of sulfonamides is 1. The zero-order chi connectivity index (χ0) is 25.1. The summed E-state index contributed by atoms with van der Waals surface area (Å²) in [6, 6.07) is 4.25. The molecule has 3 atom stereocenters. The lowest BCUT2D eigenvalue weighted by molar-refractivity contribution is 0.0712. The molecule has 0 radical (unpaired) electrons. The van der Waals surface area contributed by atoms with Crippen LogP contribution < -0.4 is 4.74 Å². The SMILES string of the molecule is C[C@H](CO)N1C[C@H](C)[C@@H](CN(C)CC2CCCC2)Oc2cc(C#CC(C)(C)O)ccc2S1(=O)=O. The number of aliphatic hydroxyl groups is 2. The number of nitrogens with zero attached hydrogens (tertiary/aromatic N) is 2. The Morgan fingerprint density at radius 2 is 1.94 bits per heavy atom. The van der Waals surface area contributed by atoms with Crippen molar-refractivity contribution >= 4 is 10.0 Å². The molecule has 1 aromatic carbocycles. The first-order valence-corrected chi connectivity index (χ1v) is 13.7. The van der Waals surface area contributed by atoms with Gasteiger partial charge in [0.25, 0.3) is 0 Å². The second-order valence-corrected chi connectivity index (χ2v) is 12.4. The number of rotatable bonds is 6. The highest BCUT2D eigenvalue weighted by Crippen LogP contribution is 2.34. The third-order valence-electron chi connectivity index (χ3n) is 6.72. The minimum Gasteiger partial charge on any atom is -0.487 e. The zero-order valence-electron chi connectivity index (χ0n) is 21.1. The Balaban J connectivity index is 1.98. The van der Waals surface area contributed by atoms with Gasteiger partial charge in [-0.05, 0) is 64.8 Å². The van der Waals surface area contributed by atoms with E-state index in [1.165, 1.54) is 36.1 Å². The third kappa shape index (κ3) is 6.73. The molecule has 34 heavy (non-hydrogen) atoms. The fourth-order valence-electron chi connectivity index (χ4n) is 4.76. The van der Waals surface area contributed by atoms with E-state index in [1.807, 2.05) is 6.92 Å². The van der Waals surface area contributed by atoms with Gasteiger partial charge in [-0.2, -0.15) is 4.31 Å². The van der Waals surface area contributed by atoms with E-state index >= 15 is 0 Å². The molecule has 8 heteroatoms. The molecule has 1 fully saturated rings. The fourth-order valence-corrected chi connectivity index (χ4v) is 6.59. The lowest BCUT2D eigenvalue weighted by Crippen LogP contribution is -2.49. The van der Waals surface area contributed by atoms with Crippen molar-refractivity contribution in [3.05, 3.63) is 23.8 Å². The molecule has 0 spiro atoms. The van der Waals surface area contributed by atoms with E-state index in [1.54, 1.807) is 32.9 Å². The molecule has 0 unspecified atom stereocenters. The Labute approximate surface area is 205 Å². The van der Waals surface area contributed by atoms with Crippen LogP contribution in [0.3, 0.4) is 0 Å². The summed E-state index contributed by atoms with van der Waals surface area (Å²) in [6.07, 6.45) is 4.88. The smallest absolute Gasteiger partial charge is 0.247 e. The average molecular weight is 493 g/mol. The van der Waals surface area contributed by atoms with Gasteiger partial charge in [-0.1, -0.05) is 31.6 Å². The number of fused-ring (bicyclic) bond motifs is 1. The highest BCUT2D eigenvalue weighted by atomic mass is 32.2. The standard InChI is InChI=1S/C26H40N2O5S/c1-19-15-28(20(2)18-29)34(31,32)25-11-10-21(12-13-26(3,4)30)14-23(25)33-24(19)17-27(5)16-22-8-6-7-9-22/h10-11,14,19-20,22,24,29-30H,6-9,15-18H2,1-5H3/t19-,20+,24+/m0/s1. The van der Waals surface area contributed by atoms with Gasteiger partial charge in [-0.3, -0.25) is 0 Å². The molecule has 2 N–H and O–H groups in total. The Kier molecular flexibility index (Phi) is 8.70. The molecule has 0 amide bonds. The molecule has 1 heterocycles. The molecule has 0 saturated heterocycles. The lowest BCUT2D eigenvalue weighted by atomic mass is 10.0. The number of aliphatic hydroxyl groups excluding tert-OH is 1. The minimum absolute atomic E-state index is 0.0805. The summed E-state index contributed by atoms with van der Waals surface area (Å²) >= 11 is 0. The first-order valence-electron chi connectivity index (χ1n) is 12.3. The van der Waals surface area contributed by atoms with Crippen LogP contribution >= 0.6 is 0 Å². The van der Waals surface area contributed by atoms with Crippen LogP contribution in [0.1, 0.15) is 58.9 Å². The molecule has 1 aliphatic carbocycles. The zero-order valence-corrected chi connectivity index (χ0v) is 21.9.